The number of oxazole rings is 1. The van der Waals surface area contributed by atoms with Gasteiger partial charge >= 0.3 is 0 Å². The van der Waals surface area contributed by atoms with Crippen LogP contribution in [0.1, 0.15) is 5.76 Å². The van der Waals surface area contributed by atoms with Crippen LogP contribution < -0.4 is 4.74 Å². The van der Waals surface area contributed by atoms with Gasteiger partial charge in [0.1, 0.15) is 41.3 Å². The van der Waals surface area contributed by atoms with Crippen LogP contribution in [0.2, 0.25) is 0 Å². The lowest BCUT2D eigenvalue weighted by molar-refractivity contribution is 0.0430. The average Bonchev–Trinajstić information content (AvgIpc) is 3.61. The van der Waals surface area contributed by atoms with Gasteiger partial charge in [-0.05, 0) is 60.7 Å². The summed E-state index contributed by atoms with van der Waals surface area (Å²) in [5.41, 5.74) is 3.41. The number of rotatable bonds is 9. The van der Waals surface area contributed by atoms with Crippen molar-refractivity contribution in [3.63, 3.8) is 0 Å². The molecule has 2 aromatic heterocycles. The van der Waals surface area contributed by atoms with Crippen molar-refractivity contribution in [2.24, 2.45) is 0 Å². The molecule has 0 unspecified atom stereocenters. The van der Waals surface area contributed by atoms with E-state index >= 15 is 0 Å². The highest BCUT2D eigenvalue weighted by Crippen LogP contribution is 2.27. The van der Waals surface area contributed by atoms with Gasteiger partial charge in [-0.2, -0.15) is 0 Å². The van der Waals surface area contributed by atoms with E-state index in [-0.39, 0.29) is 18.2 Å². The number of ether oxygens (including phenoxy) is 1. The molecule has 1 atom stereocenters. The third kappa shape index (κ3) is 6.20. The Labute approximate surface area is 229 Å². The smallest absolute Gasteiger partial charge is 0.227 e. The molecule has 6 rings (SSSR count). The molecule has 8 nitrogen and oxygen atoms in total. The Morgan fingerprint density at radius 3 is 2.25 bits per heavy atom. The number of hydrogen-bond donors (Lipinski definition) is 1. The highest BCUT2D eigenvalue weighted by molar-refractivity contribution is 5.77. The standard InChI is InChI=1S/C30H28F2N4O4/c31-22-5-1-20(2-6-22)27-16-26(40-34-27)18-36-13-11-35(12-14-36)17-24(37)19-38-25-9-10-29-28(15-25)33-30(39-29)21-3-7-23(32)8-4-21/h1-10,15-16,24,37H,11-14,17-19H2/t24-/m1/s1. The first kappa shape index (κ1) is 26.1. The topological polar surface area (TPSA) is 88.0 Å². The molecule has 0 radical (unpaired) electrons. The first-order valence-corrected chi connectivity index (χ1v) is 13.1. The number of hydrogen-bond acceptors (Lipinski definition) is 8. The number of fused-ring (bicyclic) bond motifs is 1. The molecule has 40 heavy (non-hydrogen) atoms. The Balaban J connectivity index is 0.957. The molecule has 5 aromatic rings. The van der Waals surface area contributed by atoms with Crippen LogP contribution in [0, 0.1) is 11.6 Å². The summed E-state index contributed by atoms with van der Waals surface area (Å²) in [6.45, 7) is 4.59. The molecule has 1 saturated heterocycles. The zero-order valence-corrected chi connectivity index (χ0v) is 21.7. The fraction of sp³-hybridized carbons (Fsp3) is 0.267. The van der Waals surface area contributed by atoms with Crippen LogP contribution in [0.5, 0.6) is 5.75 Å². The van der Waals surface area contributed by atoms with Gasteiger partial charge in [0.2, 0.25) is 5.89 Å². The van der Waals surface area contributed by atoms with Gasteiger partial charge in [0, 0.05) is 56.0 Å². The van der Waals surface area contributed by atoms with E-state index in [1.807, 2.05) is 6.07 Å². The van der Waals surface area contributed by atoms with Crippen molar-refractivity contribution in [1.82, 2.24) is 19.9 Å². The van der Waals surface area contributed by atoms with E-state index < -0.39 is 6.10 Å². The third-order valence-corrected chi connectivity index (χ3v) is 6.90. The molecule has 10 heteroatoms. The lowest BCUT2D eigenvalue weighted by atomic mass is 10.1. The van der Waals surface area contributed by atoms with Crippen molar-refractivity contribution in [1.29, 1.82) is 0 Å². The Morgan fingerprint density at radius 2 is 1.52 bits per heavy atom. The second kappa shape index (κ2) is 11.5. The number of aliphatic hydroxyl groups excluding tert-OH is 1. The Hall–Kier alpha value is -4.12. The van der Waals surface area contributed by atoms with E-state index in [4.69, 9.17) is 13.7 Å². The molecule has 0 saturated carbocycles. The predicted octanol–water partition coefficient (Wildman–Crippen LogP) is 4.99. The molecule has 1 aliphatic rings. The van der Waals surface area contributed by atoms with E-state index in [2.05, 4.69) is 19.9 Å². The zero-order valence-electron chi connectivity index (χ0n) is 21.7. The summed E-state index contributed by atoms with van der Waals surface area (Å²) in [4.78, 5) is 8.97. The number of nitrogens with zero attached hydrogens (tertiary/aromatic N) is 4. The Bertz CT molecular complexity index is 1560. The summed E-state index contributed by atoms with van der Waals surface area (Å²) in [7, 11) is 0. The van der Waals surface area contributed by atoms with E-state index in [1.54, 1.807) is 42.5 Å². The second-order valence-corrected chi connectivity index (χ2v) is 9.88. The first-order valence-electron chi connectivity index (χ1n) is 13.1. The minimum atomic E-state index is -0.651. The van der Waals surface area contributed by atoms with Crippen LogP contribution in [0.15, 0.2) is 81.7 Å². The predicted molar refractivity (Wildman–Crippen MR) is 145 cm³/mol. The summed E-state index contributed by atoms with van der Waals surface area (Å²) in [5.74, 6) is 1.15. The van der Waals surface area contributed by atoms with Crippen LogP contribution in [-0.4, -0.2) is 70.5 Å². The van der Waals surface area contributed by atoms with Crippen LogP contribution in [0.3, 0.4) is 0 Å². The molecular weight excluding hydrogens is 518 g/mol. The normalized spacial score (nSPS) is 15.5. The zero-order chi connectivity index (χ0) is 27.5. The quantitative estimate of drug-likeness (QED) is 0.277. The Kier molecular flexibility index (Phi) is 7.54. The van der Waals surface area contributed by atoms with Gasteiger partial charge in [-0.25, -0.2) is 13.8 Å². The molecule has 1 fully saturated rings. The molecule has 0 bridgehead atoms. The van der Waals surface area contributed by atoms with Crippen molar-refractivity contribution in [2.75, 3.05) is 39.3 Å². The van der Waals surface area contributed by atoms with Gasteiger partial charge in [-0.15, -0.1) is 0 Å². The van der Waals surface area contributed by atoms with Crippen LogP contribution in [-0.2, 0) is 6.54 Å². The van der Waals surface area contributed by atoms with Crippen molar-refractivity contribution < 1.29 is 27.6 Å². The van der Waals surface area contributed by atoms with Gasteiger partial charge in [0.25, 0.3) is 0 Å². The van der Waals surface area contributed by atoms with E-state index in [0.29, 0.717) is 47.1 Å². The average molecular weight is 547 g/mol. The highest BCUT2D eigenvalue weighted by atomic mass is 19.1. The molecular formula is C30H28F2N4O4. The molecule has 0 spiro atoms. The number of aromatic nitrogens is 2. The number of benzene rings is 3. The van der Waals surface area contributed by atoms with Crippen LogP contribution in [0.25, 0.3) is 33.8 Å². The molecule has 0 aliphatic carbocycles. The Morgan fingerprint density at radius 1 is 0.850 bits per heavy atom. The first-order chi connectivity index (χ1) is 19.5. The molecule has 1 N–H and O–H groups in total. The summed E-state index contributed by atoms with van der Waals surface area (Å²) < 4.78 is 43.5. The van der Waals surface area contributed by atoms with E-state index in [0.717, 1.165) is 37.5 Å². The summed E-state index contributed by atoms with van der Waals surface area (Å²) in [6.07, 6.45) is -0.651. The molecule has 1 aliphatic heterocycles. The third-order valence-electron chi connectivity index (χ3n) is 6.90. The minimum Gasteiger partial charge on any atom is -0.491 e. The number of β-amino-alcohol motifs (C(OH)–C–C–N with tert-alkyl or cyclic N) is 1. The fourth-order valence-corrected chi connectivity index (χ4v) is 4.75. The van der Waals surface area contributed by atoms with E-state index in [9.17, 15) is 13.9 Å². The van der Waals surface area contributed by atoms with Crippen molar-refractivity contribution >= 4 is 11.1 Å². The van der Waals surface area contributed by atoms with Crippen molar-refractivity contribution in [3.8, 4) is 28.5 Å². The highest BCUT2D eigenvalue weighted by Gasteiger charge is 2.21. The molecule has 206 valence electrons. The van der Waals surface area contributed by atoms with E-state index in [1.165, 1.54) is 24.3 Å². The molecule has 3 heterocycles. The summed E-state index contributed by atoms with van der Waals surface area (Å²) >= 11 is 0. The van der Waals surface area contributed by atoms with Gasteiger partial charge in [0.05, 0.1) is 6.54 Å². The van der Waals surface area contributed by atoms with Gasteiger partial charge in [0.15, 0.2) is 11.3 Å². The maximum Gasteiger partial charge on any atom is 0.227 e. The SMILES string of the molecule is O[C@@H](COc1ccc2oc(-c3ccc(F)cc3)nc2c1)CN1CCN(Cc2cc(-c3ccc(F)cc3)no2)CC1. The maximum atomic E-state index is 13.2. The lowest BCUT2D eigenvalue weighted by Gasteiger charge is -2.35. The minimum absolute atomic E-state index is 0.151. The van der Waals surface area contributed by atoms with Crippen LogP contribution >= 0.6 is 0 Å². The number of aliphatic hydroxyl groups is 1. The monoisotopic (exact) mass is 546 g/mol. The summed E-state index contributed by atoms with van der Waals surface area (Å²) in [5, 5.41) is 14.7. The van der Waals surface area contributed by atoms with Gasteiger partial charge < -0.3 is 18.8 Å². The fourth-order valence-electron chi connectivity index (χ4n) is 4.75. The maximum absolute atomic E-state index is 13.2. The molecule has 3 aromatic carbocycles. The van der Waals surface area contributed by atoms with Gasteiger partial charge in [-0.1, -0.05) is 5.16 Å². The molecule has 0 amide bonds. The number of halogens is 2. The lowest BCUT2D eigenvalue weighted by Crippen LogP contribution is -2.48. The van der Waals surface area contributed by atoms with Crippen molar-refractivity contribution in [2.45, 2.75) is 12.6 Å². The number of piperazine rings is 1. The van der Waals surface area contributed by atoms with Crippen LogP contribution in [0.4, 0.5) is 8.78 Å². The van der Waals surface area contributed by atoms with Crippen molar-refractivity contribution in [3.05, 3.63) is 90.2 Å². The summed E-state index contributed by atoms with van der Waals surface area (Å²) in [6, 6.07) is 19.4. The second-order valence-electron chi connectivity index (χ2n) is 9.88. The van der Waals surface area contributed by atoms with Gasteiger partial charge in [-0.3, -0.25) is 9.80 Å². The largest absolute Gasteiger partial charge is 0.491 e.